The maximum Gasteiger partial charge on any atom is 0.0409 e. The third kappa shape index (κ3) is 8.14. The van der Waals surface area contributed by atoms with Gasteiger partial charge in [0.25, 0.3) is 0 Å². The van der Waals surface area contributed by atoms with Crippen molar-refractivity contribution in [3.05, 3.63) is 36.2 Å². The van der Waals surface area contributed by atoms with E-state index in [9.17, 15) is 0 Å². The molecule has 0 aromatic carbocycles. The molecular formula is C19H31N. The zero-order valence-electron chi connectivity index (χ0n) is 13.2. The van der Waals surface area contributed by atoms with Crippen LogP contribution in [0.15, 0.2) is 24.9 Å². The van der Waals surface area contributed by atoms with Crippen molar-refractivity contribution < 1.29 is 0 Å². The number of pyridine rings is 1. The van der Waals surface area contributed by atoms with Crippen LogP contribution in [0.4, 0.5) is 0 Å². The summed E-state index contributed by atoms with van der Waals surface area (Å²) >= 11 is 0. The predicted molar refractivity (Wildman–Crippen MR) is 89.9 cm³/mol. The molecule has 20 heavy (non-hydrogen) atoms. The molecule has 1 heteroatoms. The molecule has 1 aromatic rings. The molecule has 0 bridgehead atoms. The lowest BCUT2D eigenvalue weighted by atomic mass is 10.0. The second-order valence-electron chi connectivity index (χ2n) is 5.72. The van der Waals surface area contributed by atoms with Gasteiger partial charge in [0.15, 0.2) is 0 Å². The van der Waals surface area contributed by atoms with E-state index in [4.69, 9.17) is 0 Å². The van der Waals surface area contributed by atoms with E-state index in [1.54, 1.807) is 0 Å². The fourth-order valence-electron chi connectivity index (χ4n) is 2.55. The fraction of sp³-hybridized carbons (Fsp3) is 0.632. The summed E-state index contributed by atoms with van der Waals surface area (Å²) in [4.78, 5) is 4.42. The Morgan fingerprint density at radius 3 is 2.15 bits per heavy atom. The Kier molecular flexibility index (Phi) is 9.91. The first-order valence-corrected chi connectivity index (χ1v) is 8.44. The van der Waals surface area contributed by atoms with Gasteiger partial charge in [0.2, 0.25) is 0 Å². The van der Waals surface area contributed by atoms with Gasteiger partial charge in [-0.2, -0.15) is 0 Å². The third-order valence-corrected chi connectivity index (χ3v) is 3.86. The third-order valence-electron chi connectivity index (χ3n) is 3.86. The first-order chi connectivity index (χ1) is 9.86. The molecule has 0 radical (unpaired) electrons. The topological polar surface area (TPSA) is 12.9 Å². The minimum absolute atomic E-state index is 1.11. The maximum atomic E-state index is 4.42. The van der Waals surface area contributed by atoms with E-state index in [1.807, 2.05) is 18.3 Å². The SMILES string of the molecule is C=Cc1ccnc(CCCCCCCCCCCC)c1. The van der Waals surface area contributed by atoms with E-state index in [0.717, 1.165) is 6.42 Å². The lowest BCUT2D eigenvalue weighted by Crippen LogP contribution is -1.91. The van der Waals surface area contributed by atoms with Gasteiger partial charge in [-0.25, -0.2) is 0 Å². The van der Waals surface area contributed by atoms with Gasteiger partial charge in [0.05, 0.1) is 0 Å². The number of hydrogen-bond donors (Lipinski definition) is 0. The molecule has 1 nitrogen and oxygen atoms in total. The van der Waals surface area contributed by atoms with Crippen LogP contribution < -0.4 is 0 Å². The smallest absolute Gasteiger partial charge is 0.0409 e. The maximum absolute atomic E-state index is 4.42. The van der Waals surface area contributed by atoms with Crippen LogP contribution in [0.3, 0.4) is 0 Å². The molecule has 0 unspecified atom stereocenters. The summed E-state index contributed by atoms with van der Waals surface area (Å²) in [6, 6.07) is 4.16. The van der Waals surface area contributed by atoms with Crippen LogP contribution in [0.1, 0.15) is 82.4 Å². The van der Waals surface area contributed by atoms with Crippen LogP contribution in [-0.2, 0) is 6.42 Å². The number of hydrogen-bond acceptors (Lipinski definition) is 1. The normalized spacial score (nSPS) is 10.7. The molecule has 0 aliphatic carbocycles. The molecule has 0 fully saturated rings. The van der Waals surface area contributed by atoms with Crippen molar-refractivity contribution in [1.82, 2.24) is 4.98 Å². The molecule has 1 rings (SSSR count). The summed E-state index contributed by atoms with van der Waals surface area (Å²) in [5.41, 5.74) is 2.39. The molecule has 0 spiro atoms. The molecule has 0 atom stereocenters. The highest BCUT2D eigenvalue weighted by molar-refractivity contribution is 5.46. The summed E-state index contributed by atoms with van der Waals surface area (Å²) in [7, 11) is 0. The van der Waals surface area contributed by atoms with Crippen molar-refractivity contribution in [2.24, 2.45) is 0 Å². The Morgan fingerprint density at radius 2 is 1.55 bits per heavy atom. The lowest BCUT2D eigenvalue weighted by Gasteiger charge is -2.03. The summed E-state index contributed by atoms with van der Waals surface area (Å²) in [6.45, 7) is 6.08. The Balaban J connectivity index is 1.95. The van der Waals surface area contributed by atoms with E-state index >= 15 is 0 Å². The molecule has 0 N–H and O–H groups in total. The largest absolute Gasteiger partial charge is 0.261 e. The number of aryl methyl sites for hydroxylation is 1. The Morgan fingerprint density at radius 1 is 0.950 bits per heavy atom. The Labute approximate surface area is 125 Å². The van der Waals surface area contributed by atoms with Crippen molar-refractivity contribution in [2.45, 2.75) is 77.6 Å². The summed E-state index contributed by atoms with van der Waals surface area (Å²) < 4.78 is 0. The van der Waals surface area contributed by atoms with Crippen LogP contribution >= 0.6 is 0 Å². The number of nitrogens with zero attached hydrogens (tertiary/aromatic N) is 1. The average Bonchev–Trinajstić information content (AvgIpc) is 2.49. The first-order valence-electron chi connectivity index (χ1n) is 8.44. The van der Waals surface area contributed by atoms with Crippen LogP contribution in [-0.4, -0.2) is 4.98 Å². The molecule has 0 amide bonds. The van der Waals surface area contributed by atoms with Crippen LogP contribution in [0, 0.1) is 0 Å². The molecule has 0 aliphatic heterocycles. The summed E-state index contributed by atoms with van der Waals surface area (Å²) in [5, 5.41) is 0. The monoisotopic (exact) mass is 273 g/mol. The molecule has 1 heterocycles. The van der Waals surface area contributed by atoms with Crippen molar-refractivity contribution in [2.75, 3.05) is 0 Å². The Hall–Kier alpha value is -1.11. The van der Waals surface area contributed by atoms with Crippen LogP contribution in [0.5, 0.6) is 0 Å². The predicted octanol–water partition coefficient (Wildman–Crippen LogP) is 6.19. The molecule has 0 saturated heterocycles. The molecule has 112 valence electrons. The zero-order valence-corrected chi connectivity index (χ0v) is 13.2. The van der Waals surface area contributed by atoms with Gasteiger partial charge in [0, 0.05) is 11.9 Å². The van der Waals surface area contributed by atoms with E-state index in [2.05, 4.69) is 24.6 Å². The minimum Gasteiger partial charge on any atom is -0.261 e. The summed E-state index contributed by atoms with van der Waals surface area (Å²) in [5.74, 6) is 0. The highest BCUT2D eigenvalue weighted by Gasteiger charge is 1.97. The van der Waals surface area contributed by atoms with Crippen molar-refractivity contribution in [3.63, 3.8) is 0 Å². The van der Waals surface area contributed by atoms with Crippen molar-refractivity contribution in [3.8, 4) is 0 Å². The molecule has 0 aliphatic rings. The first kappa shape index (κ1) is 16.9. The second kappa shape index (κ2) is 11.7. The summed E-state index contributed by atoms with van der Waals surface area (Å²) in [6.07, 6.45) is 18.8. The second-order valence-corrected chi connectivity index (χ2v) is 5.72. The fourth-order valence-corrected chi connectivity index (χ4v) is 2.55. The van der Waals surface area contributed by atoms with Crippen LogP contribution in [0.25, 0.3) is 6.08 Å². The zero-order chi connectivity index (χ0) is 14.5. The number of unbranched alkanes of at least 4 members (excludes halogenated alkanes) is 9. The molecule has 1 aromatic heterocycles. The minimum atomic E-state index is 1.11. The van der Waals surface area contributed by atoms with Crippen molar-refractivity contribution in [1.29, 1.82) is 0 Å². The van der Waals surface area contributed by atoms with Gasteiger partial charge in [0.1, 0.15) is 0 Å². The van der Waals surface area contributed by atoms with Gasteiger partial charge in [-0.1, -0.05) is 77.4 Å². The van der Waals surface area contributed by atoms with Crippen molar-refractivity contribution >= 4 is 6.08 Å². The van der Waals surface area contributed by atoms with Gasteiger partial charge in [-0.05, 0) is 30.5 Å². The van der Waals surface area contributed by atoms with E-state index in [1.165, 1.54) is 75.5 Å². The molecule has 0 saturated carbocycles. The quantitative estimate of drug-likeness (QED) is 0.414. The average molecular weight is 273 g/mol. The van der Waals surface area contributed by atoms with E-state index in [-0.39, 0.29) is 0 Å². The van der Waals surface area contributed by atoms with E-state index in [0.29, 0.717) is 0 Å². The van der Waals surface area contributed by atoms with Gasteiger partial charge < -0.3 is 0 Å². The Bertz CT molecular complexity index is 357. The molecular weight excluding hydrogens is 242 g/mol. The standard InChI is InChI=1S/C19H31N/c1-3-5-6-7-8-9-10-11-12-13-14-19-17-18(4-2)15-16-20-19/h4,15-17H,2-3,5-14H2,1H3. The van der Waals surface area contributed by atoms with Gasteiger partial charge in [-0.3, -0.25) is 4.98 Å². The highest BCUT2D eigenvalue weighted by atomic mass is 14.7. The van der Waals surface area contributed by atoms with Gasteiger partial charge >= 0.3 is 0 Å². The van der Waals surface area contributed by atoms with Crippen LogP contribution in [0.2, 0.25) is 0 Å². The number of rotatable bonds is 12. The lowest BCUT2D eigenvalue weighted by molar-refractivity contribution is 0.555. The van der Waals surface area contributed by atoms with Gasteiger partial charge in [-0.15, -0.1) is 0 Å². The number of aromatic nitrogens is 1. The van der Waals surface area contributed by atoms with E-state index < -0.39 is 0 Å². The highest BCUT2D eigenvalue weighted by Crippen LogP contribution is 2.12.